The quantitative estimate of drug-likeness (QED) is 0.866. The fourth-order valence-corrected chi connectivity index (χ4v) is 1.92. The van der Waals surface area contributed by atoms with E-state index in [1.54, 1.807) is 6.07 Å². The van der Waals surface area contributed by atoms with Crippen LogP contribution in [0.4, 0.5) is 13.2 Å². The number of hydrogen-bond acceptors (Lipinski definition) is 1. The maximum absolute atomic E-state index is 12.6. The van der Waals surface area contributed by atoms with Gasteiger partial charge in [-0.1, -0.05) is 17.7 Å². The maximum Gasteiger partial charge on any atom is 0.417 e. The summed E-state index contributed by atoms with van der Waals surface area (Å²) in [5.74, 6) is 0.322. The molecule has 1 aliphatic rings. The second-order valence-electron chi connectivity index (χ2n) is 4.10. The Hall–Kier alpha value is -0.450. The number of rotatable bonds is 2. The Labute approximate surface area is 109 Å². The Morgan fingerprint density at radius 3 is 2.35 bits per heavy atom. The van der Waals surface area contributed by atoms with E-state index in [-0.39, 0.29) is 23.5 Å². The summed E-state index contributed by atoms with van der Waals surface area (Å²) in [6.45, 7) is 0. The van der Waals surface area contributed by atoms with Gasteiger partial charge >= 0.3 is 6.18 Å². The lowest BCUT2D eigenvalue weighted by Gasteiger charge is -2.15. The number of benzene rings is 1. The largest absolute Gasteiger partial charge is 0.417 e. The first-order valence-corrected chi connectivity index (χ1v) is 5.39. The minimum absolute atomic E-state index is 0. The summed E-state index contributed by atoms with van der Waals surface area (Å²) in [6.07, 6.45) is -2.44. The second-order valence-corrected chi connectivity index (χ2v) is 4.51. The third-order valence-corrected chi connectivity index (χ3v) is 3.14. The third-order valence-electron chi connectivity index (χ3n) is 2.81. The van der Waals surface area contributed by atoms with E-state index in [1.165, 1.54) is 6.07 Å². The molecule has 0 saturated heterocycles. The van der Waals surface area contributed by atoms with Crippen molar-refractivity contribution in [1.82, 2.24) is 0 Å². The summed E-state index contributed by atoms with van der Waals surface area (Å²) in [5, 5.41) is -0.278. The van der Waals surface area contributed by atoms with Gasteiger partial charge < -0.3 is 5.73 Å². The molecule has 0 bridgehead atoms. The molecule has 0 spiro atoms. The van der Waals surface area contributed by atoms with Crippen molar-refractivity contribution in [3.05, 3.63) is 34.3 Å². The molecule has 1 atom stereocenters. The molecule has 0 aliphatic heterocycles. The molecule has 17 heavy (non-hydrogen) atoms. The average molecular weight is 286 g/mol. The zero-order chi connectivity index (χ0) is 11.9. The SMILES string of the molecule is Cl.NC(c1ccc(Cl)c(C(F)(F)F)c1)C1CC1. The van der Waals surface area contributed by atoms with E-state index in [4.69, 9.17) is 17.3 Å². The van der Waals surface area contributed by atoms with Gasteiger partial charge in [0.15, 0.2) is 0 Å². The highest BCUT2D eigenvalue weighted by atomic mass is 35.5. The molecule has 1 aromatic rings. The smallest absolute Gasteiger partial charge is 0.324 e. The van der Waals surface area contributed by atoms with Gasteiger partial charge in [0.1, 0.15) is 0 Å². The molecular formula is C11H12Cl2F3N. The van der Waals surface area contributed by atoms with E-state index in [1.807, 2.05) is 0 Å². The molecule has 1 unspecified atom stereocenters. The van der Waals surface area contributed by atoms with Gasteiger partial charge in [-0.25, -0.2) is 0 Å². The van der Waals surface area contributed by atoms with Crippen LogP contribution in [0.25, 0.3) is 0 Å². The first-order chi connectivity index (χ1) is 7.39. The first kappa shape index (κ1) is 14.6. The van der Waals surface area contributed by atoms with E-state index in [9.17, 15) is 13.2 Å². The van der Waals surface area contributed by atoms with E-state index in [2.05, 4.69) is 0 Å². The molecule has 1 nitrogen and oxygen atoms in total. The zero-order valence-corrected chi connectivity index (χ0v) is 10.4. The van der Waals surface area contributed by atoms with Crippen molar-refractivity contribution in [2.45, 2.75) is 25.1 Å². The minimum atomic E-state index is -4.42. The Morgan fingerprint density at radius 2 is 1.88 bits per heavy atom. The van der Waals surface area contributed by atoms with Gasteiger partial charge in [-0.15, -0.1) is 12.4 Å². The van der Waals surface area contributed by atoms with Crippen LogP contribution in [0, 0.1) is 5.92 Å². The van der Waals surface area contributed by atoms with Crippen molar-refractivity contribution in [3.63, 3.8) is 0 Å². The van der Waals surface area contributed by atoms with Crippen LogP contribution in [-0.4, -0.2) is 0 Å². The van der Waals surface area contributed by atoms with Crippen LogP contribution in [0.15, 0.2) is 18.2 Å². The maximum atomic E-state index is 12.6. The van der Waals surface area contributed by atoms with Crippen LogP contribution >= 0.6 is 24.0 Å². The average Bonchev–Trinajstić information content (AvgIpc) is 2.98. The van der Waals surface area contributed by atoms with E-state index < -0.39 is 11.7 Å². The standard InChI is InChI=1S/C11H11ClF3N.ClH/c12-9-4-3-7(10(16)6-1-2-6)5-8(9)11(13,14)15;/h3-6,10H,1-2,16H2;1H. The fraction of sp³-hybridized carbons (Fsp3) is 0.455. The predicted molar refractivity (Wildman–Crippen MR) is 63.4 cm³/mol. The van der Waals surface area contributed by atoms with E-state index in [0.29, 0.717) is 11.5 Å². The van der Waals surface area contributed by atoms with Crippen molar-refractivity contribution >= 4 is 24.0 Å². The number of nitrogens with two attached hydrogens (primary N) is 1. The molecule has 1 saturated carbocycles. The molecule has 0 aromatic heterocycles. The summed E-state index contributed by atoms with van der Waals surface area (Å²) < 4.78 is 37.8. The molecule has 96 valence electrons. The highest BCUT2D eigenvalue weighted by molar-refractivity contribution is 6.31. The molecule has 0 heterocycles. The normalized spacial score (nSPS) is 17.5. The number of hydrogen-bond donors (Lipinski definition) is 1. The van der Waals surface area contributed by atoms with Gasteiger partial charge in [0, 0.05) is 6.04 Å². The number of halogens is 5. The summed E-state index contributed by atoms with van der Waals surface area (Å²) >= 11 is 5.52. The minimum Gasteiger partial charge on any atom is -0.324 e. The first-order valence-electron chi connectivity index (χ1n) is 5.02. The van der Waals surface area contributed by atoms with Crippen molar-refractivity contribution in [3.8, 4) is 0 Å². The second kappa shape index (κ2) is 5.04. The van der Waals surface area contributed by atoms with Gasteiger partial charge in [-0.2, -0.15) is 13.2 Å². The van der Waals surface area contributed by atoms with Crippen LogP contribution in [0.2, 0.25) is 5.02 Å². The lowest BCUT2D eigenvalue weighted by atomic mass is 10.0. The molecule has 2 N–H and O–H groups in total. The van der Waals surface area contributed by atoms with Gasteiger partial charge in [0.2, 0.25) is 0 Å². The summed E-state index contributed by atoms with van der Waals surface area (Å²) in [5.41, 5.74) is 5.56. The lowest BCUT2D eigenvalue weighted by molar-refractivity contribution is -0.137. The Kier molecular flexibility index (Phi) is 4.33. The Bertz CT molecular complexity index is 402. The summed E-state index contributed by atoms with van der Waals surface area (Å²) in [7, 11) is 0. The molecule has 0 amide bonds. The van der Waals surface area contributed by atoms with E-state index in [0.717, 1.165) is 18.9 Å². The van der Waals surface area contributed by atoms with Gasteiger partial charge in [-0.05, 0) is 36.5 Å². The monoisotopic (exact) mass is 285 g/mol. The van der Waals surface area contributed by atoms with Gasteiger partial charge in [0.05, 0.1) is 10.6 Å². The molecule has 1 aliphatic carbocycles. The molecule has 1 fully saturated rings. The molecule has 6 heteroatoms. The van der Waals surface area contributed by atoms with Crippen LogP contribution in [-0.2, 0) is 6.18 Å². The van der Waals surface area contributed by atoms with Crippen LogP contribution in [0.5, 0.6) is 0 Å². The van der Waals surface area contributed by atoms with Crippen LogP contribution in [0.3, 0.4) is 0 Å². The van der Waals surface area contributed by atoms with Crippen LogP contribution in [0.1, 0.15) is 30.0 Å². The highest BCUT2D eigenvalue weighted by Gasteiger charge is 2.35. The van der Waals surface area contributed by atoms with E-state index >= 15 is 0 Å². The van der Waals surface area contributed by atoms with Crippen molar-refractivity contribution < 1.29 is 13.2 Å². The van der Waals surface area contributed by atoms with Crippen molar-refractivity contribution in [1.29, 1.82) is 0 Å². The zero-order valence-electron chi connectivity index (χ0n) is 8.80. The topological polar surface area (TPSA) is 26.0 Å². The lowest BCUT2D eigenvalue weighted by Crippen LogP contribution is -2.14. The molecule has 0 radical (unpaired) electrons. The summed E-state index contributed by atoms with van der Waals surface area (Å²) in [4.78, 5) is 0. The Morgan fingerprint density at radius 1 is 1.29 bits per heavy atom. The van der Waals surface area contributed by atoms with Crippen molar-refractivity contribution in [2.75, 3.05) is 0 Å². The van der Waals surface area contributed by atoms with Crippen molar-refractivity contribution in [2.24, 2.45) is 11.7 Å². The predicted octanol–water partition coefficient (Wildman–Crippen LogP) is 4.19. The fourth-order valence-electron chi connectivity index (χ4n) is 1.69. The molecule has 2 rings (SSSR count). The summed E-state index contributed by atoms with van der Waals surface area (Å²) in [6, 6.07) is 3.59. The number of alkyl halides is 3. The van der Waals surface area contributed by atoms with Crippen LogP contribution < -0.4 is 5.73 Å². The van der Waals surface area contributed by atoms with Gasteiger partial charge in [-0.3, -0.25) is 0 Å². The highest BCUT2D eigenvalue weighted by Crippen LogP contribution is 2.42. The molecule has 1 aromatic carbocycles. The van der Waals surface area contributed by atoms with Gasteiger partial charge in [0.25, 0.3) is 0 Å². The molecular weight excluding hydrogens is 274 g/mol. The Balaban J connectivity index is 0.00000144. The third kappa shape index (κ3) is 3.27.